The predicted molar refractivity (Wildman–Crippen MR) is 209 cm³/mol. The number of hydrogen-bond acceptors (Lipinski definition) is 19. The number of hydrogen-bond donors (Lipinski definition) is 12. The van der Waals surface area contributed by atoms with E-state index in [4.69, 9.17) is 33.2 Å². The van der Waals surface area contributed by atoms with Crippen LogP contribution >= 0.6 is 0 Å². The summed E-state index contributed by atoms with van der Waals surface area (Å²) in [4.78, 5) is 0. The first-order chi connectivity index (χ1) is 29.3. The largest absolute Gasteiger partial charge is 0.396 e. The topological polar surface area (TPSA) is 307 Å². The van der Waals surface area contributed by atoms with E-state index in [1.165, 1.54) is 5.57 Å². The SMILES string of the molecule is C[C@H](CO)CCC1(O)OC2C[C@H]3[C@@H]4CC=C5CC(O[C@@H]6O[C@H](CO)[C@@H](O[C@H]7O[C@@H](O)[C@H](O)[C@@H](O)[C@H]7O)[C@H](O)[C@H]6O[C@H]6O[C@@H](O)[C@H](O)[C@@H](O)[C@H]6O)CC[C@]5(C)[C@H]4CC[C@]3(C)[C@@H]2[C@@H]1C. The molecule has 4 saturated heterocycles. The van der Waals surface area contributed by atoms with Crippen molar-refractivity contribution in [2.24, 2.45) is 46.3 Å². The Bertz CT molecular complexity index is 1590. The maximum atomic E-state index is 11.9. The number of rotatable bonds is 11. The van der Waals surface area contributed by atoms with Crippen LogP contribution in [0, 0.1) is 46.3 Å². The zero-order valence-corrected chi connectivity index (χ0v) is 35.9. The van der Waals surface area contributed by atoms with Crippen molar-refractivity contribution in [2.45, 2.75) is 196 Å². The second kappa shape index (κ2) is 17.9. The highest BCUT2D eigenvalue weighted by Crippen LogP contribution is 2.70. The van der Waals surface area contributed by atoms with Gasteiger partial charge in [-0.2, -0.15) is 0 Å². The number of aliphatic hydroxyl groups is 12. The van der Waals surface area contributed by atoms with Gasteiger partial charge in [-0.1, -0.05) is 39.3 Å². The van der Waals surface area contributed by atoms with E-state index in [1.807, 2.05) is 6.92 Å². The molecule has 0 spiro atoms. The molecule has 3 unspecified atom stereocenters. The quantitative estimate of drug-likeness (QED) is 0.100. The summed E-state index contributed by atoms with van der Waals surface area (Å²) in [6, 6.07) is 0. The van der Waals surface area contributed by atoms with Crippen LogP contribution in [0.4, 0.5) is 0 Å². The highest BCUT2D eigenvalue weighted by atomic mass is 16.8. The Balaban J connectivity index is 0.982. The number of allylic oxidation sites excluding steroid dienone is 1. The normalized spacial score (nSPS) is 55.7. The van der Waals surface area contributed by atoms with Crippen LogP contribution < -0.4 is 0 Å². The second-order valence-electron chi connectivity index (χ2n) is 20.3. The van der Waals surface area contributed by atoms with Crippen molar-refractivity contribution in [1.29, 1.82) is 0 Å². The fourth-order valence-corrected chi connectivity index (χ4v) is 13.1. The molecule has 7 fully saturated rings. The van der Waals surface area contributed by atoms with Crippen molar-refractivity contribution in [3.8, 4) is 0 Å². The maximum Gasteiger partial charge on any atom is 0.189 e. The van der Waals surface area contributed by atoms with E-state index in [1.54, 1.807) is 0 Å². The van der Waals surface area contributed by atoms with Gasteiger partial charge in [-0.3, -0.25) is 0 Å². The monoisotopic (exact) mass is 890 g/mol. The zero-order valence-electron chi connectivity index (χ0n) is 35.9. The Morgan fingerprint density at radius 2 is 1.37 bits per heavy atom. The minimum absolute atomic E-state index is 0.0151. The number of aliphatic hydroxyl groups excluding tert-OH is 11. The van der Waals surface area contributed by atoms with Gasteiger partial charge in [0.1, 0.15) is 61.0 Å². The van der Waals surface area contributed by atoms with E-state index in [0.29, 0.717) is 43.4 Å². The lowest BCUT2D eigenvalue weighted by Gasteiger charge is -2.58. The Kier molecular flexibility index (Phi) is 13.7. The molecule has 356 valence electrons. The van der Waals surface area contributed by atoms with Gasteiger partial charge in [0.25, 0.3) is 0 Å². The summed E-state index contributed by atoms with van der Waals surface area (Å²) in [5, 5.41) is 126. The van der Waals surface area contributed by atoms with E-state index in [9.17, 15) is 61.3 Å². The third kappa shape index (κ3) is 8.05. The lowest BCUT2D eigenvalue weighted by atomic mass is 9.47. The molecule has 26 atom stereocenters. The summed E-state index contributed by atoms with van der Waals surface area (Å²) in [5.41, 5.74) is 1.14. The molecule has 0 amide bonds. The Morgan fingerprint density at radius 1 is 0.742 bits per heavy atom. The van der Waals surface area contributed by atoms with E-state index in [2.05, 4.69) is 26.8 Å². The lowest BCUT2D eigenvalue weighted by molar-refractivity contribution is -0.405. The van der Waals surface area contributed by atoms with Crippen LogP contribution in [0.25, 0.3) is 0 Å². The zero-order chi connectivity index (χ0) is 44.8. The molecule has 0 bridgehead atoms. The van der Waals surface area contributed by atoms with Gasteiger partial charge < -0.3 is 94.4 Å². The van der Waals surface area contributed by atoms with E-state index >= 15 is 0 Å². The summed E-state index contributed by atoms with van der Waals surface area (Å²) in [5.74, 6) is 0.378. The van der Waals surface area contributed by atoms with Crippen LogP contribution in [0.5, 0.6) is 0 Å². The van der Waals surface area contributed by atoms with Gasteiger partial charge in [-0.15, -0.1) is 0 Å². The molecule has 19 nitrogen and oxygen atoms in total. The molecule has 12 N–H and O–H groups in total. The summed E-state index contributed by atoms with van der Waals surface area (Å²) in [7, 11) is 0. The van der Waals surface area contributed by atoms with Crippen LogP contribution in [0.2, 0.25) is 0 Å². The summed E-state index contributed by atoms with van der Waals surface area (Å²) in [6.45, 7) is 8.17. The summed E-state index contributed by atoms with van der Waals surface area (Å²) in [6.07, 6.45) is -18.2. The van der Waals surface area contributed by atoms with E-state index < -0.39 is 111 Å². The van der Waals surface area contributed by atoms with Crippen LogP contribution in [0.15, 0.2) is 11.6 Å². The molecule has 8 aliphatic rings. The minimum Gasteiger partial charge on any atom is -0.396 e. The van der Waals surface area contributed by atoms with E-state index in [0.717, 1.165) is 32.1 Å². The van der Waals surface area contributed by atoms with Crippen LogP contribution in [-0.4, -0.2) is 185 Å². The average Bonchev–Trinajstić information content (AvgIpc) is 3.68. The first-order valence-corrected chi connectivity index (χ1v) is 22.6. The first-order valence-electron chi connectivity index (χ1n) is 22.6. The van der Waals surface area contributed by atoms with Crippen molar-refractivity contribution in [3.63, 3.8) is 0 Å². The third-order valence-corrected chi connectivity index (χ3v) is 16.9. The van der Waals surface area contributed by atoms with Crippen molar-refractivity contribution >= 4 is 0 Å². The van der Waals surface area contributed by atoms with Gasteiger partial charge in [0, 0.05) is 18.9 Å². The average molecular weight is 891 g/mol. The lowest BCUT2D eigenvalue weighted by Crippen LogP contribution is -2.67. The molecule has 0 radical (unpaired) electrons. The molecular weight excluding hydrogens is 820 g/mol. The van der Waals surface area contributed by atoms with Crippen molar-refractivity contribution < 1.29 is 94.4 Å². The number of ether oxygens (including phenoxy) is 7. The number of fused-ring (bicyclic) bond motifs is 7. The van der Waals surface area contributed by atoms with Crippen molar-refractivity contribution in [3.05, 3.63) is 11.6 Å². The summed E-state index contributed by atoms with van der Waals surface area (Å²) < 4.78 is 41.5. The fraction of sp³-hybridized carbons (Fsp3) is 0.953. The van der Waals surface area contributed by atoms with Gasteiger partial charge in [0.05, 0.1) is 18.8 Å². The smallest absolute Gasteiger partial charge is 0.189 e. The van der Waals surface area contributed by atoms with Crippen molar-refractivity contribution in [1.82, 2.24) is 0 Å². The molecule has 4 aliphatic carbocycles. The van der Waals surface area contributed by atoms with Gasteiger partial charge >= 0.3 is 0 Å². The third-order valence-electron chi connectivity index (χ3n) is 16.9. The molecule has 19 heteroatoms. The first kappa shape index (κ1) is 47.5. The van der Waals surface area contributed by atoms with Gasteiger partial charge in [0.2, 0.25) is 0 Å². The molecule has 3 saturated carbocycles. The molecular formula is C43H70O19. The predicted octanol–water partition coefficient (Wildman–Crippen LogP) is -1.94. The molecule has 62 heavy (non-hydrogen) atoms. The van der Waals surface area contributed by atoms with Gasteiger partial charge in [-0.05, 0) is 91.8 Å². The molecule has 8 rings (SSSR count). The Labute approximate surface area is 361 Å². The van der Waals surface area contributed by atoms with Gasteiger partial charge in [0.15, 0.2) is 37.2 Å². The molecule has 0 aromatic carbocycles. The van der Waals surface area contributed by atoms with Crippen molar-refractivity contribution in [2.75, 3.05) is 13.2 Å². The Morgan fingerprint density at radius 3 is 1.98 bits per heavy atom. The van der Waals surface area contributed by atoms with Gasteiger partial charge in [-0.25, -0.2) is 0 Å². The molecule has 0 aromatic rings. The second-order valence-corrected chi connectivity index (χ2v) is 20.3. The summed E-state index contributed by atoms with van der Waals surface area (Å²) >= 11 is 0. The minimum atomic E-state index is -1.98. The molecule has 4 aliphatic heterocycles. The standard InChI is InChI=1S/C43H70O19/c1-17(15-44)7-12-43(55)18(2)26-24(62-43)14-23-21-6-5-19-13-20(8-10-41(19,3)22(21)9-11-42(23,26)4)56-40-35(59-39-32(51)28(47)30(49)37(54)61-39)33(52)34(25(16-45)57-40)58-38-31(50)27(46)29(48)36(53)60-38/h5,17-18,20-40,44-55H,6-16H2,1-4H3/t17-,18-,20?,21+,22-,23-,24?,25+,26+,27+,28+,29+,30+,31+,32+,33-,34+,35+,36+,37+,38-,39-,40+,41-,42-,43?/m0/s1. The molecule has 4 heterocycles. The van der Waals surface area contributed by atoms with Crippen LogP contribution in [0.3, 0.4) is 0 Å². The Hall–Kier alpha value is -1.02. The highest BCUT2D eigenvalue weighted by molar-refractivity contribution is 5.26. The maximum absolute atomic E-state index is 11.9. The molecule has 0 aromatic heterocycles. The highest BCUT2D eigenvalue weighted by Gasteiger charge is 2.68. The van der Waals surface area contributed by atoms with Crippen LogP contribution in [-0.2, 0) is 33.2 Å². The van der Waals surface area contributed by atoms with E-state index in [-0.39, 0.29) is 41.3 Å². The van der Waals surface area contributed by atoms with Crippen LogP contribution in [0.1, 0.15) is 85.5 Å². The fourth-order valence-electron chi connectivity index (χ4n) is 13.1.